The number of Topliss-reactive ketones (excluding diaryl/α,β-unsaturated/α-hetero) is 1. The molecule has 0 aliphatic carbocycles. The fraction of sp³-hybridized carbons (Fsp3) is 0.348. The smallest absolute Gasteiger partial charge is 0.164 e. The summed E-state index contributed by atoms with van der Waals surface area (Å²) >= 11 is 0. The van der Waals surface area contributed by atoms with Crippen molar-refractivity contribution in [3.05, 3.63) is 83.9 Å². The average Bonchev–Trinajstić information content (AvgIpc) is 2.55. The van der Waals surface area contributed by atoms with Crippen LogP contribution in [-0.2, 0) is 17.6 Å². The van der Waals surface area contributed by atoms with Gasteiger partial charge < -0.3 is 0 Å². The quantitative estimate of drug-likeness (QED) is 0.574. The van der Waals surface area contributed by atoms with Gasteiger partial charge in [0, 0.05) is 5.41 Å². The maximum Gasteiger partial charge on any atom is 0.164 e. The molecule has 0 bridgehead atoms. The second-order valence-electron chi connectivity index (χ2n) is 7.31. The number of carbonyl (C=O) groups is 1. The van der Waals surface area contributed by atoms with Gasteiger partial charge in [0.1, 0.15) is 0 Å². The molecule has 1 heteroatoms. The SMILES string of the molecule is C=C(C)C(=O)C(Cc1ccccc1)(Cc1ccccc1)CC(C)C. The molecular formula is C23H28O. The first kappa shape index (κ1) is 18.2. The van der Waals surface area contributed by atoms with Gasteiger partial charge in [0.05, 0.1) is 0 Å². The van der Waals surface area contributed by atoms with Crippen molar-refractivity contribution in [2.24, 2.45) is 11.3 Å². The summed E-state index contributed by atoms with van der Waals surface area (Å²) in [5.41, 5.74) is 2.65. The van der Waals surface area contributed by atoms with Crippen LogP contribution in [0.5, 0.6) is 0 Å². The maximum atomic E-state index is 13.2. The van der Waals surface area contributed by atoms with Gasteiger partial charge in [0.2, 0.25) is 0 Å². The summed E-state index contributed by atoms with van der Waals surface area (Å²) in [5, 5.41) is 0. The highest BCUT2D eigenvalue weighted by atomic mass is 16.1. The normalized spacial score (nSPS) is 11.5. The molecule has 0 fully saturated rings. The third kappa shape index (κ3) is 4.67. The number of rotatable bonds is 8. The molecule has 1 nitrogen and oxygen atoms in total. The third-order valence-corrected chi connectivity index (χ3v) is 4.44. The second kappa shape index (κ2) is 8.10. The summed E-state index contributed by atoms with van der Waals surface area (Å²) in [6.07, 6.45) is 2.38. The molecule has 0 heterocycles. The summed E-state index contributed by atoms with van der Waals surface area (Å²) in [6, 6.07) is 20.7. The lowest BCUT2D eigenvalue weighted by Crippen LogP contribution is -2.38. The van der Waals surface area contributed by atoms with E-state index in [1.807, 2.05) is 43.3 Å². The highest BCUT2D eigenvalue weighted by Crippen LogP contribution is 2.37. The van der Waals surface area contributed by atoms with Crippen molar-refractivity contribution in [1.82, 2.24) is 0 Å². The second-order valence-corrected chi connectivity index (χ2v) is 7.31. The van der Waals surface area contributed by atoms with E-state index in [2.05, 4.69) is 44.7 Å². The minimum Gasteiger partial charge on any atom is -0.294 e. The Bertz CT molecular complexity index is 626. The predicted molar refractivity (Wildman–Crippen MR) is 102 cm³/mol. The van der Waals surface area contributed by atoms with Gasteiger partial charge in [-0.15, -0.1) is 0 Å². The molecule has 0 unspecified atom stereocenters. The van der Waals surface area contributed by atoms with Crippen LogP contribution in [0.3, 0.4) is 0 Å². The minimum absolute atomic E-state index is 0.198. The predicted octanol–water partition coefficient (Wildman–Crippen LogP) is 5.65. The Labute approximate surface area is 146 Å². The van der Waals surface area contributed by atoms with Crippen LogP contribution in [0, 0.1) is 11.3 Å². The first-order valence-corrected chi connectivity index (χ1v) is 8.71. The van der Waals surface area contributed by atoms with Crippen molar-refractivity contribution in [2.45, 2.75) is 40.0 Å². The van der Waals surface area contributed by atoms with E-state index in [1.165, 1.54) is 11.1 Å². The molecule has 2 aromatic rings. The van der Waals surface area contributed by atoms with Gasteiger partial charge in [-0.1, -0.05) is 81.1 Å². The fourth-order valence-corrected chi connectivity index (χ4v) is 3.67. The molecule has 0 amide bonds. The number of hydrogen-bond acceptors (Lipinski definition) is 1. The zero-order valence-corrected chi connectivity index (χ0v) is 15.1. The summed E-state index contributed by atoms with van der Waals surface area (Å²) in [5.74, 6) is 0.643. The molecule has 24 heavy (non-hydrogen) atoms. The molecule has 2 rings (SSSR count). The van der Waals surface area contributed by atoms with Crippen LogP contribution in [0.4, 0.5) is 0 Å². The van der Waals surface area contributed by atoms with Gasteiger partial charge in [-0.3, -0.25) is 4.79 Å². The standard InChI is InChI=1S/C23H28O/c1-18(2)15-23(22(24)19(3)4,16-20-11-7-5-8-12-20)17-21-13-9-6-10-14-21/h5-14,18H,3,15-17H2,1-2,4H3. The zero-order valence-electron chi connectivity index (χ0n) is 15.1. The molecule has 0 radical (unpaired) electrons. The van der Waals surface area contributed by atoms with E-state index in [0.29, 0.717) is 11.5 Å². The van der Waals surface area contributed by atoms with Crippen LogP contribution in [0.1, 0.15) is 38.3 Å². The third-order valence-electron chi connectivity index (χ3n) is 4.44. The van der Waals surface area contributed by atoms with Crippen molar-refractivity contribution in [2.75, 3.05) is 0 Å². The van der Waals surface area contributed by atoms with Crippen molar-refractivity contribution in [1.29, 1.82) is 0 Å². The molecule has 0 aliphatic rings. The zero-order chi connectivity index (χ0) is 17.6. The lowest BCUT2D eigenvalue weighted by Gasteiger charge is -2.35. The molecule has 2 aromatic carbocycles. The Kier molecular flexibility index (Phi) is 6.14. The lowest BCUT2D eigenvalue weighted by atomic mass is 9.67. The van der Waals surface area contributed by atoms with Gasteiger partial charge in [-0.2, -0.15) is 0 Å². The molecule has 0 saturated carbocycles. The summed E-state index contributed by atoms with van der Waals surface area (Å²) in [7, 11) is 0. The monoisotopic (exact) mass is 320 g/mol. The Morgan fingerprint density at radius 1 is 0.917 bits per heavy atom. The van der Waals surface area contributed by atoms with Gasteiger partial charge >= 0.3 is 0 Å². The fourth-order valence-electron chi connectivity index (χ4n) is 3.67. The van der Waals surface area contributed by atoms with Crippen molar-refractivity contribution >= 4 is 5.78 Å². The van der Waals surface area contributed by atoms with Crippen LogP contribution in [0.2, 0.25) is 0 Å². The number of hydrogen-bond donors (Lipinski definition) is 0. The molecule has 0 atom stereocenters. The first-order valence-electron chi connectivity index (χ1n) is 8.71. The Balaban J connectivity index is 2.46. The van der Waals surface area contributed by atoms with Crippen LogP contribution in [-0.4, -0.2) is 5.78 Å². The molecular weight excluding hydrogens is 292 g/mol. The van der Waals surface area contributed by atoms with Crippen molar-refractivity contribution < 1.29 is 4.79 Å². The van der Waals surface area contributed by atoms with E-state index in [9.17, 15) is 4.79 Å². The van der Waals surface area contributed by atoms with Crippen molar-refractivity contribution in [3.8, 4) is 0 Å². The lowest BCUT2D eigenvalue weighted by molar-refractivity contribution is -0.125. The van der Waals surface area contributed by atoms with Crippen LogP contribution in [0.15, 0.2) is 72.8 Å². The molecule has 0 saturated heterocycles. The van der Waals surface area contributed by atoms with E-state index >= 15 is 0 Å². The number of carbonyl (C=O) groups excluding carboxylic acids is 1. The average molecular weight is 320 g/mol. The highest BCUT2D eigenvalue weighted by molar-refractivity contribution is 5.99. The summed E-state index contributed by atoms with van der Waals surface area (Å²) < 4.78 is 0. The molecule has 0 N–H and O–H groups in total. The van der Waals surface area contributed by atoms with E-state index in [4.69, 9.17) is 0 Å². The van der Waals surface area contributed by atoms with E-state index < -0.39 is 5.41 Å². The number of allylic oxidation sites excluding steroid dienone is 1. The minimum atomic E-state index is -0.428. The van der Waals surface area contributed by atoms with Crippen molar-refractivity contribution in [3.63, 3.8) is 0 Å². The van der Waals surface area contributed by atoms with Crippen LogP contribution in [0.25, 0.3) is 0 Å². The molecule has 0 spiro atoms. The van der Waals surface area contributed by atoms with Gasteiger partial charge in [0.25, 0.3) is 0 Å². The van der Waals surface area contributed by atoms with E-state index in [0.717, 1.165) is 19.3 Å². The topological polar surface area (TPSA) is 17.1 Å². The van der Waals surface area contributed by atoms with E-state index in [-0.39, 0.29) is 5.78 Å². The summed E-state index contributed by atoms with van der Waals surface area (Å²) in [6.45, 7) is 10.2. The molecule has 126 valence electrons. The number of ketones is 1. The molecule has 0 aromatic heterocycles. The highest BCUT2D eigenvalue weighted by Gasteiger charge is 2.39. The van der Waals surface area contributed by atoms with E-state index in [1.54, 1.807) is 0 Å². The Hall–Kier alpha value is -2.15. The van der Waals surface area contributed by atoms with Gasteiger partial charge in [-0.05, 0) is 48.8 Å². The van der Waals surface area contributed by atoms with Crippen LogP contribution < -0.4 is 0 Å². The molecule has 0 aliphatic heterocycles. The number of benzene rings is 2. The van der Waals surface area contributed by atoms with Crippen LogP contribution >= 0.6 is 0 Å². The first-order chi connectivity index (χ1) is 11.4. The van der Waals surface area contributed by atoms with Gasteiger partial charge in [-0.25, -0.2) is 0 Å². The Morgan fingerprint density at radius 2 is 1.33 bits per heavy atom. The Morgan fingerprint density at radius 3 is 1.67 bits per heavy atom. The maximum absolute atomic E-state index is 13.2. The largest absolute Gasteiger partial charge is 0.294 e. The van der Waals surface area contributed by atoms with Gasteiger partial charge in [0.15, 0.2) is 5.78 Å². The summed E-state index contributed by atoms with van der Waals surface area (Å²) in [4.78, 5) is 13.2.